The first-order chi connectivity index (χ1) is 8.74. The van der Waals surface area contributed by atoms with Crippen LogP contribution in [0, 0.1) is 5.82 Å². The highest BCUT2D eigenvalue weighted by Gasteiger charge is 2.22. The van der Waals surface area contributed by atoms with E-state index in [-0.39, 0.29) is 5.82 Å². The fourth-order valence-electron chi connectivity index (χ4n) is 1.98. The predicted molar refractivity (Wildman–Crippen MR) is 74.9 cm³/mol. The number of hydrogen-bond acceptors (Lipinski definition) is 5. The van der Waals surface area contributed by atoms with E-state index >= 15 is 0 Å². The number of rotatable bonds is 4. The summed E-state index contributed by atoms with van der Waals surface area (Å²) in [5, 5.41) is 3.58. The summed E-state index contributed by atoms with van der Waals surface area (Å²) in [5.41, 5.74) is 0. The fourth-order valence-corrected chi connectivity index (χ4v) is 3.16. The maximum absolute atomic E-state index is 13.8. The summed E-state index contributed by atoms with van der Waals surface area (Å²) in [7, 11) is 0. The lowest BCUT2D eigenvalue weighted by atomic mass is 10.3. The van der Waals surface area contributed by atoms with Crippen molar-refractivity contribution < 1.29 is 4.39 Å². The Hall–Kier alpha value is -1.04. The van der Waals surface area contributed by atoms with Crippen LogP contribution in [-0.2, 0) is 0 Å². The fraction of sp³-hybridized carbons (Fsp3) is 0.667. The van der Waals surface area contributed by atoms with E-state index in [1.54, 1.807) is 0 Å². The van der Waals surface area contributed by atoms with Crippen molar-refractivity contribution in [3.63, 3.8) is 0 Å². The van der Waals surface area contributed by atoms with Crippen molar-refractivity contribution in [1.29, 1.82) is 0 Å². The van der Waals surface area contributed by atoms with Gasteiger partial charge in [0.25, 0.3) is 0 Å². The molecule has 1 aliphatic heterocycles. The Morgan fingerprint density at radius 3 is 3.11 bits per heavy atom. The average molecular weight is 270 g/mol. The quantitative estimate of drug-likeness (QED) is 0.909. The minimum absolute atomic E-state index is 0.335. The standard InChI is InChI=1S/C12H19FN4S/c1-3-9-8-17(5-6-18-9)11-10(13)7-15-12(16-11)14-4-2/h7,9H,3-6,8H2,1-2H3,(H,14,15,16). The first kappa shape index (κ1) is 13.4. The van der Waals surface area contributed by atoms with Gasteiger partial charge in [-0.15, -0.1) is 0 Å². The zero-order valence-corrected chi connectivity index (χ0v) is 11.6. The molecule has 2 heterocycles. The van der Waals surface area contributed by atoms with Crippen LogP contribution in [0.25, 0.3) is 0 Å². The van der Waals surface area contributed by atoms with Crippen LogP contribution >= 0.6 is 11.8 Å². The molecule has 0 aromatic carbocycles. The Kier molecular flexibility index (Phi) is 4.63. The number of aromatic nitrogens is 2. The Bertz CT molecular complexity index is 402. The third-order valence-electron chi connectivity index (χ3n) is 2.95. The van der Waals surface area contributed by atoms with Crippen molar-refractivity contribution in [3.05, 3.63) is 12.0 Å². The summed E-state index contributed by atoms with van der Waals surface area (Å²) in [6.07, 6.45) is 2.36. The van der Waals surface area contributed by atoms with E-state index in [0.29, 0.717) is 17.0 Å². The Labute approximate surface area is 111 Å². The van der Waals surface area contributed by atoms with Crippen LogP contribution in [0.15, 0.2) is 6.20 Å². The van der Waals surface area contributed by atoms with E-state index in [4.69, 9.17) is 0 Å². The summed E-state index contributed by atoms with van der Waals surface area (Å²) < 4.78 is 13.8. The zero-order chi connectivity index (χ0) is 13.0. The molecule has 0 bridgehead atoms. The lowest BCUT2D eigenvalue weighted by molar-refractivity contribution is 0.598. The van der Waals surface area contributed by atoms with E-state index in [0.717, 1.165) is 31.8 Å². The van der Waals surface area contributed by atoms with Gasteiger partial charge in [0.05, 0.1) is 6.20 Å². The van der Waals surface area contributed by atoms with Gasteiger partial charge in [-0.1, -0.05) is 6.92 Å². The summed E-state index contributed by atoms with van der Waals surface area (Å²) in [6.45, 7) is 6.58. The van der Waals surface area contributed by atoms with Crippen molar-refractivity contribution in [3.8, 4) is 0 Å². The summed E-state index contributed by atoms with van der Waals surface area (Å²) in [5.74, 6) is 1.62. The second-order valence-electron chi connectivity index (χ2n) is 4.24. The molecule has 0 radical (unpaired) electrons. The van der Waals surface area contributed by atoms with Gasteiger partial charge in [0.15, 0.2) is 11.6 Å². The summed E-state index contributed by atoms with van der Waals surface area (Å²) in [4.78, 5) is 10.2. The second-order valence-corrected chi connectivity index (χ2v) is 5.65. The molecule has 1 aromatic heterocycles. The third kappa shape index (κ3) is 3.04. The van der Waals surface area contributed by atoms with Crippen molar-refractivity contribution in [2.24, 2.45) is 0 Å². The Balaban J connectivity index is 2.17. The maximum Gasteiger partial charge on any atom is 0.224 e. The predicted octanol–water partition coefficient (Wildman–Crippen LogP) is 2.38. The molecule has 1 aromatic rings. The highest BCUT2D eigenvalue weighted by molar-refractivity contribution is 8.00. The van der Waals surface area contributed by atoms with Crippen LogP contribution in [0.3, 0.4) is 0 Å². The van der Waals surface area contributed by atoms with Gasteiger partial charge in [-0.2, -0.15) is 16.7 Å². The van der Waals surface area contributed by atoms with Crippen molar-refractivity contribution in [2.45, 2.75) is 25.5 Å². The molecular formula is C12H19FN4S. The van der Waals surface area contributed by atoms with Gasteiger partial charge in [0, 0.05) is 30.6 Å². The molecule has 1 unspecified atom stereocenters. The van der Waals surface area contributed by atoms with Crippen LogP contribution in [0.2, 0.25) is 0 Å². The van der Waals surface area contributed by atoms with Crippen molar-refractivity contribution in [2.75, 3.05) is 35.6 Å². The molecule has 1 fully saturated rings. The van der Waals surface area contributed by atoms with Crippen molar-refractivity contribution in [1.82, 2.24) is 9.97 Å². The molecule has 100 valence electrons. The van der Waals surface area contributed by atoms with Gasteiger partial charge in [-0.25, -0.2) is 9.37 Å². The molecule has 1 aliphatic rings. The summed E-state index contributed by atoms with van der Waals surface area (Å²) >= 11 is 1.96. The van der Waals surface area contributed by atoms with E-state index in [1.165, 1.54) is 6.20 Å². The molecule has 4 nitrogen and oxygen atoms in total. The van der Waals surface area contributed by atoms with Gasteiger partial charge < -0.3 is 10.2 Å². The van der Waals surface area contributed by atoms with E-state index in [2.05, 4.69) is 22.2 Å². The largest absolute Gasteiger partial charge is 0.354 e. The SMILES string of the molecule is CCNc1ncc(F)c(N2CCSC(CC)C2)n1. The van der Waals surface area contributed by atoms with E-state index < -0.39 is 0 Å². The van der Waals surface area contributed by atoms with Crippen LogP contribution in [0.4, 0.5) is 16.2 Å². The lowest BCUT2D eigenvalue weighted by Gasteiger charge is -2.32. The Morgan fingerprint density at radius 2 is 2.39 bits per heavy atom. The smallest absolute Gasteiger partial charge is 0.224 e. The Morgan fingerprint density at radius 1 is 1.56 bits per heavy atom. The molecule has 1 N–H and O–H groups in total. The maximum atomic E-state index is 13.8. The highest BCUT2D eigenvalue weighted by atomic mass is 32.2. The van der Waals surface area contributed by atoms with Gasteiger partial charge >= 0.3 is 0 Å². The average Bonchev–Trinajstić information content (AvgIpc) is 2.41. The van der Waals surface area contributed by atoms with Gasteiger partial charge in [0.2, 0.25) is 5.95 Å². The molecular weight excluding hydrogens is 251 g/mol. The molecule has 6 heteroatoms. The van der Waals surface area contributed by atoms with Crippen LogP contribution < -0.4 is 10.2 Å². The number of anilines is 2. The first-order valence-corrected chi connectivity index (χ1v) is 7.42. The van der Waals surface area contributed by atoms with Gasteiger partial charge in [-0.3, -0.25) is 0 Å². The molecule has 2 rings (SSSR count). The minimum atomic E-state index is -0.335. The number of thioether (sulfide) groups is 1. The van der Waals surface area contributed by atoms with Crippen LogP contribution in [-0.4, -0.2) is 40.6 Å². The monoisotopic (exact) mass is 270 g/mol. The summed E-state index contributed by atoms with van der Waals surface area (Å²) in [6, 6.07) is 0. The normalized spacial score (nSPS) is 19.9. The number of nitrogens with one attached hydrogen (secondary N) is 1. The minimum Gasteiger partial charge on any atom is -0.354 e. The highest BCUT2D eigenvalue weighted by Crippen LogP contribution is 2.26. The molecule has 1 saturated heterocycles. The third-order valence-corrected chi connectivity index (χ3v) is 4.33. The number of halogens is 1. The lowest BCUT2D eigenvalue weighted by Crippen LogP contribution is -2.38. The topological polar surface area (TPSA) is 41.1 Å². The second kappa shape index (κ2) is 6.22. The molecule has 0 aliphatic carbocycles. The molecule has 0 amide bonds. The van der Waals surface area contributed by atoms with Gasteiger partial charge in [0.1, 0.15) is 0 Å². The number of nitrogens with zero attached hydrogens (tertiary/aromatic N) is 3. The van der Waals surface area contributed by atoms with Crippen LogP contribution in [0.1, 0.15) is 20.3 Å². The van der Waals surface area contributed by atoms with Crippen LogP contribution in [0.5, 0.6) is 0 Å². The molecule has 18 heavy (non-hydrogen) atoms. The van der Waals surface area contributed by atoms with E-state index in [1.807, 2.05) is 23.6 Å². The van der Waals surface area contributed by atoms with E-state index in [9.17, 15) is 4.39 Å². The van der Waals surface area contributed by atoms with Gasteiger partial charge in [-0.05, 0) is 13.3 Å². The molecule has 0 spiro atoms. The van der Waals surface area contributed by atoms with Crippen molar-refractivity contribution >= 4 is 23.5 Å². The molecule has 1 atom stereocenters. The first-order valence-electron chi connectivity index (χ1n) is 6.37. The zero-order valence-electron chi connectivity index (χ0n) is 10.8. The number of hydrogen-bond donors (Lipinski definition) is 1. The molecule has 0 saturated carbocycles.